The number of carbonyl (C=O) groups excluding carboxylic acids is 2. The summed E-state index contributed by atoms with van der Waals surface area (Å²) in [6.45, 7) is 3.47. The van der Waals surface area contributed by atoms with E-state index >= 15 is 0 Å². The first-order valence-corrected chi connectivity index (χ1v) is 10.9. The maximum absolute atomic E-state index is 13.4. The molecule has 0 bridgehead atoms. The SMILES string of the molecule is C[C@@H]1C[C@@H]1C(=O)N1CCC(Cc2ccccc2-c2cccnc2)(C(=O)N(C)C)CC1. The van der Waals surface area contributed by atoms with Gasteiger partial charge in [0.2, 0.25) is 11.8 Å². The number of carbonyl (C=O) groups is 2. The molecule has 0 radical (unpaired) electrons. The lowest BCUT2D eigenvalue weighted by atomic mass is 9.71. The van der Waals surface area contributed by atoms with Gasteiger partial charge in [-0.2, -0.15) is 0 Å². The fourth-order valence-corrected chi connectivity index (χ4v) is 4.84. The van der Waals surface area contributed by atoms with Crippen LogP contribution in [0.1, 0.15) is 31.7 Å². The van der Waals surface area contributed by atoms with Gasteiger partial charge in [0.25, 0.3) is 0 Å². The first-order valence-electron chi connectivity index (χ1n) is 10.9. The zero-order valence-electron chi connectivity index (χ0n) is 18.2. The molecule has 1 saturated carbocycles. The highest BCUT2D eigenvalue weighted by Crippen LogP contribution is 2.43. The summed E-state index contributed by atoms with van der Waals surface area (Å²) in [4.78, 5) is 34.0. The molecule has 0 unspecified atom stereocenters. The van der Waals surface area contributed by atoms with Crippen molar-refractivity contribution in [2.24, 2.45) is 17.3 Å². The van der Waals surface area contributed by atoms with Crippen LogP contribution < -0.4 is 0 Å². The van der Waals surface area contributed by atoms with Gasteiger partial charge in [0.15, 0.2) is 0 Å². The van der Waals surface area contributed by atoms with Crippen molar-refractivity contribution >= 4 is 11.8 Å². The van der Waals surface area contributed by atoms with Gasteiger partial charge in [0, 0.05) is 51.1 Å². The molecule has 1 aliphatic heterocycles. The third kappa shape index (κ3) is 3.98. The van der Waals surface area contributed by atoms with Crippen molar-refractivity contribution in [2.75, 3.05) is 27.2 Å². The molecule has 4 rings (SSSR count). The van der Waals surface area contributed by atoms with Gasteiger partial charge in [-0.3, -0.25) is 14.6 Å². The van der Waals surface area contributed by atoms with Crippen molar-refractivity contribution in [3.63, 3.8) is 0 Å². The Morgan fingerprint density at radius 1 is 1.13 bits per heavy atom. The molecule has 1 saturated heterocycles. The van der Waals surface area contributed by atoms with Crippen LogP contribution in [0.5, 0.6) is 0 Å². The minimum absolute atomic E-state index is 0.162. The molecular formula is C25H31N3O2. The van der Waals surface area contributed by atoms with E-state index < -0.39 is 5.41 Å². The van der Waals surface area contributed by atoms with Gasteiger partial charge in [-0.1, -0.05) is 37.3 Å². The molecule has 0 N–H and O–H groups in total. The normalized spacial score (nSPS) is 22.4. The second-order valence-electron chi connectivity index (χ2n) is 9.20. The predicted molar refractivity (Wildman–Crippen MR) is 118 cm³/mol. The highest BCUT2D eigenvalue weighted by atomic mass is 16.2. The molecule has 0 spiro atoms. The summed E-state index contributed by atoms with van der Waals surface area (Å²) in [5.74, 6) is 1.16. The Hall–Kier alpha value is -2.69. The molecule has 158 valence electrons. The quantitative estimate of drug-likeness (QED) is 0.763. The molecule has 5 nitrogen and oxygen atoms in total. The van der Waals surface area contributed by atoms with Crippen LogP contribution in [0.25, 0.3) is 11.1 Å². The molecular weight excluding hydrogens is 374 g/mol. The molecule has 1 aliphatic carbocycles. The summed E-state index contributed by atoms with van der Waals surface area (Å²) >= 11 is 0. The van der Waals surface area contributed by atoms with Gasteiger partial charge < -0.3 is 9.80 Å². The van der Waals surface area contributed by atoms with Crippen LogP contribution in [0, 0.1) is 17.3 Å². The largest absolute Gasteiger partial charge is 0.348 e. The van der Waals surface area contributed by atoms with Gasteiger partial charge in [0.1, 0.15) is 0 Å². The smallest absolute Gasteiger partial charge is 0.228 e. The van der Waals surface area contributed by atoms with Crippen molar-refractivity contribution < 1.29 is 9.59 Å². The number of rotatable bonds is 5. The molecule has 2 aliphatic rings. The van der Waals surface area contributed by atoms with E-state index in [9.17, 15) is 9.59 Å². The molecule has 2 aromatic rings. The summed E-state index contributed by atoms with van der Waals surface area (Å²) in [5.41, 5.74) is 2.88. The molecule has 30 heavy (non-hydrogen) atoms. The van der Waals surface area contributed by atoms with Crippen LogP contribution in [0.3, 0.4) is 0 Å². The van der Waals surface area contributed by atoms with Crippen LogP contribution in [-0.4, -0.2) is 53.8 Å². The molecule has 2 atom stereocenters. The monoisotopic (exact) mass is 405 g/mol. The maximum atomic E-state index is 13.4. The third-order valence-electron chi connectivity index (χ3n) is 6.84. The Kier molecular flexibility index (Phi) is 5.63. The average Bonchev–Trinajstić information content (AvgIpc) is 3.50. The Morgan fingerprint density at radius 2 is 1.83 bits per heavy atom. The number of nitrogens with zero attached hydrogens (tertiary/aromatic N) is 3. The number of piperidine rings is 1. The summed E-state index contributed by atoms with van der Waals surface area (Å²) in [6.07, 6.45) is 6.75. The summed E-state index contributed by atoms with van der Waals surface area (Å²) in [5, 5.41) is 0. The molecule has 5 heteroatoms. The second kappa shape index (κ2) is 8.21. The van der Waals surface area contributed by atoms with Gasteiger partial charge in [-0.15, -0.1) is 0 Å². The summed E-state index contributed by atoms with van der Waals surface area (Å²) in [7, 11) is 3.67. The number of aromatic nitrogens is 1. The van der Waals surface area contributed by atoms with E-state index in [1.807, 2.05) is 43.4 Å². The van der Waals surface area contributed by atoms with E-state index in [-0.39, 0.29) is 17.7 Å². The van der Waals surface area contributed by atoms with E-state index in [0.29, 0.717) is 38.3 Å². The lowest BCUT2D eigenvalue weighted by Gasteiger charge is -2.42. The predicted octanol–water partition coefficient (Wildman–Crippen LogP) is 3.64. The number of hydrogen-bond acceptors (Lipinski definition) is 3. The van der Waals surface area contributed by atoms with Crippen molar-refractivity contribution in [3.8, 4) is 11.1 Å². The van der Waals surface area contributed by atoms with E-state index in [1.54, 1.807) is 11.1 Å². The van der Waals surface area contributed by atoms with Gasteiger partial charge in [0.05, 0.1) is 5.41 Å². The lowest BCUT2D eigenvalue weighted by Crippen LogP contribution is -2.51. The summed E-state index contributed by atoms with van der Waals surface area (Å²) < 4.78 is 0. The van der Waals surface area contributed by atoms with Crippen molar-refractivity contribution in [2.45, 2.75) is 32.6 Å². The number of hydrogen-bond donors (Lipinski definition) is 0. The van der Waals surface area contributed by atoms with Crippen molar-refractivity contribution in [3.05, 3.63) is 54.4 Å². The first-order chi connectivity index (χ1) is 14.4. The van der Waals surface area contributed by atoms with Crippen LogP contribution in [-0.2, 0) is 16.0 Å². The molecule has 1 aromatic carbocycles. The highest BCUT2D eigenvalue weighted by Gasteiger charge is 2.47. The van der Waals surface area contributed by atoms with E-state index in [4.69, 9.17) is 0 Å². The fraction of sp³-hybridized carbons (Fsp3) is 0.480. The first kappa shape index (κ1) is 20.6. The zero-order valence-corrected chi connectivity index (χ0v) is 18.2. The Bertz CT molecular complexity index is 917. The van der Waals surface area contributed by atoms with E-state index in [2.05, 4.69) is 30.1 Å². The average molecular weight is 406 g/mol. The van der Waals surface area contributed by atoms with E-state index in [0.717, 1.165) is 23.1 Å². The zero-order chi connectivity index (χ0) is 21.3. The maximum Gasteiger partial charge on any atom is 0.228 e. The van der Waals surface area contributed by atoms with Gasteiger partial charge in [-0.25, -0.2) is 0 Å². The third-order valence-corrected chi connectivity index (χ3v) is 6.84. The molecule has 1 aromatic heterocycles. The van der Waals surface area contributed by atoms with Gasteiger partial charge in [-0.05, 0) is 48.8 Å². The minimum Gasteiger partial charge on any atom is -0.348 e. The summed E-state index contributed by atoms with van der Waals surface area (Å²) in [6, 6.07) is 12.3. The molecule has 2 amide bonds. The second-order valence-corrected chi connectivity index (χ2v) is 9.20. The number of amides is 2. The topological polar surface area (TPSA) is 53.5 Å². The Balaban J connectivity index is 1.59. The standard InChI is InChI=1S/C25H31N3O2/c1-18-15-22(18)23(29)28-13-10-25(11-14-28,24(30)27(2)3)16-19-7-4-5-9-21(19)20-8-6-12-26-17-20/h4-9,12,17-18,22H,10-11,13-16H2,1-3H3/t18-,22+/m1/s1. The van der Waals surface area contributed by atoms with Crippen LogP contribution in [0.2, 0.25) is 0 Å². The van der Waals surface area contributed by atoms with Crippen LogP contribution in [0.15, 0.2) is 48.8 Å². The number of benzene rings is 1. The van der Waals surface area contributed by atoms with Crippen molar-refractivity contribution in [1.82, 2.24) is 14.8 Å². The number of likely N-dealkylation sites (tertiary alicyclic amines) is 1. The molecule has 2 heterocycles. The fourth-order valence-electron chi connectivity index (χ4n) is 4.84. The molecule has 2 fully saturated rings. The van der Waals surface area contributed by atoms with Crippen molar-refractivity contribution in [1.29, 1.82) is 0 Å². The van der Waals surface area contributed by atoms with Gasteiger partial charge >= 0.3 is 0 Å². The van der Waals surface area contributed by atoms with Crippen LogP contribution >= 0.6 is 0 Å². The van der Waals surface area contributed by atoms with Crippen LogP contribution in [0.4, 0.5) is 0 Å². The highest BCUT2D eigenvalue weighted by molar-refractivity contribution is 5.85. The lowest BCUT2D eigenvalue weighted by molar-refractivity contribution is -0.146. The van der Waals surface area contributed by atoms with E-state index in [1.165, 1.54) is 0 Å². The minimum atomic E-state index is -0.478. The number of pyridine rings is 1. The Morgan fingerprint density at radius 3 is 2.43 bits per heavy atom. The Labute approximate surface area is 179 Å².